The molecule has 110 valence electrons. The van der Waals surface area contributed by atoms with E-state index in [1.165, 1.54) is 0 Å². The van der Waals surface area contributed by atoms with Crippen LogP contribution in [0.3, 0.4) is 0 Å². The van der Waals surface area contributed by atoms with Crippen molar-refractivity contribution < 1.29 is 9.53 Å². The SMILES string of the molecule is COC1CCN(C(=O)c2n[nH]c(C3CC3)n2)C(CN)C1. The monoisotopic (exact) mass is 279 g/mol. The van der Waals surface area contributed by atoms with Crippen molar-refractivity contribution in [2.24, 2.45) is 5.73 Å². The molecule has 0 spiro atoms. The van der Waals surface area contributed by atoms with Crippen molar-refractivity contribution in [3.63, 3.8) is 0 Å². The van der Waals surface area contributed by atoms with E-state index in [0.29, 0.717) is 19.0 Å². The van der Waals surface area contributed by atoms with Crippen LogP contribution in [0.4, 0.5) is 0 Å². The third-order valence-corrected chi connectivity index (χ3v) is 4.19. The second-order valence-corrected chi connectivity index (χ2v) is 5.59. The van der Waals surface area contributed by atoms with Gasteiger partial charge in [-0.3, -0.25) is 9.89 Å². The quantitative estimate of drug-likeness (QED) is 0.824. The molecule has 1 aromatic heterocycles. The number of aromatic nitrogens is 3. The second kappa shape index (κ2) is 5.49. The molecule has 20 heavy (non-hydrogen) atoms. The van der Waals surface area contributed by atoms with E-state index in [1.807, 2.05) is 0 Å². The van der Waals surface area contributed by atoms with Crippen molar-refractivity contribution in [2.75, 3.05) is 20.2 Å². The lowest BCUT2D eigenvalue weighted by Gasteiger charge is -2.37. The van der Waals surface area contributed by atoms with Crippen molar-refractivity contribution >= 4 is 5.91 Å². The Balaban J connectivity index is 1.71. The van der Waals surface area contributed by atoms with Crippen LogP contribution >= 0.6 is 0 Å². The van der Waals surface area contributed by atoms with Crippen LogP contribution in [0.5, 0.6) is 0 Å². The summed E-state index contributed by atoms with van der Waals surface area (Å²) >= 11 is 0. The Labute approximate surface area is 117 Å². The first-order valence-electron chi connectivity index (χ1n) is 7.19. The molecule has 1 saturated carbocycles. The zero-order chi connectivity index (χ0) is 14.1. The molecule has 2 heterocycles. The second-order valence-electron chi connectivity index (χ2n) is 5.59. The molecule has 1 aliphatic carbocycles. The zero-order valence-electron chi connectivity index (χ0n) is 11.7. The normalized spacial score (nSPS) is 26.8. The fourth-order valence-corrected chi connectivity index (χ4v) is 2.76. The van der Waals surface area contributed by atoms with Crippen LogP contribution in [0.2, 0.25) is 0 Å². The Hall–Kier alpha value is -1.47. The van der Waals surface area contributed by atoms with Gasteiger partial charge in [-0.15, -0.1) is 5.10 Å². The van der Waals surface area contributed by atoms with E-state index >= 15 is 0 Å². The fourth-order valence-electron chi connectivity index (χ4n) is 2.76. The summed E-state index contributed by atoms with van der Waals surface area (Å²) in [4.78, 5) is 18.6. The Kier molecular flexibility index (Phi) is 3.71. The van der Waals surface area contributed by atoms with Gasteiger partial charge in [0.15, 0.2) is 0 Å². The van der Waals surface area contributed by atoms with Gasteiger partial charge in [-0.2, -0.15) is 0 Å². The summed E-state index contributed by atoms with van der Waals surface area (Å²) < 4.78 is 5.37. The van der Waals surface area contributed by atoms with Crippen molar-refractivity contribution in [3.05, 3.63) is 11.6 Å². The maximum Gasteiger partial charge on any atom is 0.293 e. The predicted molar refractivity (Wildman–Crippen MR) is 72.3 cm³/mol. The first-order chi connectivity index (χ1) is 9.72. The van der Waals surface area contributed by atoms with Crippen LogP contribution in [0.1, 0.15) is 48.0 Å². The number of nitrogens with one attached hydrogen (secondary N) is 1. The van der Waals surface area contributed by atoms with Gasteiger partial charge < -0.3 is 15.4 Å². The molecule has 1 amide bonds. The van der Waals surface area contributed by atoms with Gasteiger partial charge in [0.25, 0.3) is 5.91 Å². The number of rotatable bonds is 4. The molecule has 3 N–H and O–H groups in total. The first-order valence-corrected chi connectivity index (χ1v) is 7.19. The van der Waals surface area contributed by atoms with E-state index in [0.717, 1.165) is 31.5 Å². The third-order valence-electron chi connectivity index (χ3n) is 4.19. The summed E-state index contributed by atoms with van der Waals surface area (Å²) in [6.45, 7) is 1.08. The zero-order valence-corrected chi connectivity index (χ0v) is 11.7. The van der Waals surface area contributed by atoms with Gasteiger partial charge in [0.05, 0.1) is 6.10 Å². The van der Waals surface area contributed by atoms with Gasteiger partial charge in [-0.05, 0) is 25.7 Å². The molecular formula is C13H21N5O2. The molecule has 2 fully saturated rings. The number of nitrogens with two attached hydrogens (primary N) is 1. The number of ether oxygens (including phenoxy) is 1. The minimum atomic E-state index is -0.127. The molecular weight excluding hydrogens is 258 g/mol. The van der Waals surface area contributed by atoms with Gasteiger partial charge in [0.2, 0.25) is 5.82 Å². The molecule has 7 heteroatoms. The van der Waals surface area contributed by atoms with E-state index in [-0.39, 0.29) is 23.9 Å². The van der Waals surface area contributed by atoms with E-state index in [2.05, 4.69) is 15.2 Å². The van der Waals surface area contributed by atoms with E-state index in [1.54, 1.807) is 12.0 Å². The third kappa shape index (κ3) is 2.55. The number of H-pyrrole nitrogens is 1. The lowest BCUT2D eigenvalue weighted by molar-refractivity contribution is 0.0133. The molecule has 1 aromatic rings. The molecule has 3 rings (SSSR count). The highest BCUT2D eigenvalue weighted by Gasteiger charge is 2.34. The summed E-state index contributed by atoms with van der Waals surface area (Å²) in [7, 11) is 1.70. The standard InChI is InChI=1S/C13H21N5O2/c1-20-10-4-5-18(9(6-10)7-14)13(19)12-15-11(16-17-12)8-2-3-8/h8-10H,2-7,14H2,1H3,(H,15,16,17). The summed E-state index contributed by atoms with van der Waals surface area (Å²) in [6.07, 6.45) is 4.06. The number of hydrogen-bond donors (Lipinski definition) is 2. The number of aromatic amines is 1. The van der Waals surface area contributed by atoms with Crippen molar-refractivity contribution in [1.82, 2.24) is 20.1 Å². The fraction of sp³-hybridized carbons (Fsp3) is 0.769. The Bertz CT molecular complexity index is 485. The molecule has 2 unspecified atom stereocenters. The van der Waals surface area contributed by atoms with Crippen LogP contribution in [-0.2, 0) is 4.74 Å². The number of piperidine rings is 1. The minimum Gasteiger partial charge on any atom is -0.381 e. The predicted octanol–water partition coefficient (Wildman–Crippen LogP) is 0.260. The Morgan fingerprint density at radius 1 is 1.50 bits per heavy atom. The molecule has 0 aromatic carbocycles. The summed E-state index contributed by atoms with van der Waals surface area (Å²) in [5.41, 5.74) is 5.79. The van der Waals surface area contributed by atoms with Gasteiger partial charge >= 0.3 is 0 Å². The topological polar surface area (TPSA) is 97.1 Å². The van der Waals surface area contributed by atoms with E-state index < -0.39 is 0 Å². The van der Waals surface area contributed by atoms with E-state index in [4.69, 9.17) is 10.5 Å². The summed E-state index contributed by atoms with van der Waals surface area (Å²) in [5.74, 6) is 1.44. The average molecular weight is 279 g/mol. The van der Waals surface area contributed by atoms with Crippen molar-refractivity contribution in [1.29, 1.82) is 0 Å². The molecule has 2 atom stereocenters. The smallest absolute Gasteiger partial charge is 0.293 e. The molecule has 1 saturated heterocycles. The Morgan fingerprint density at radius 3 is 2.95 bits per heavy atom. The molecule has 0 radical (unpaired) electrons. The number of likely N-dealkylation sites (tertiary alicyclic amines) is 1. The molecule has 1 aliphatic heterocycles. The lowest BCUT2D eigenvalue weighted by atomic mass is 9.99. The molecule has 2 aliphatic rings. The maximum absolute atomic E-state index is 12.5. The minimum absolute atomic E-state index is 0.00377. The molecule has 0 bridgehead atoms. The highest BCUT2D eigenvalue weighted by molar-refractivity contribution is 5.90. The summed E-state index contributed by atoms with van der Waals surface area (Å²) in [6, 6.07) is 0.00377. The highest BCUT2D eigenvalue weighted by atomic mass is 16.5. The van der Waals surface area contributed by atoms with Crippen molar-refractivity contribution in [2.45, 2.75) is 43.7 Å². The van der Waals surface area contributed by atoms with Gasteiger partial charge in [0.1, 0.15) is 5.82 Å². The molecule has 7 nitrogen and oxygen atoms in total. The van der Waals surface area contributed by atoms with Gasteiger partial charge in [-0.25, -0.2) is 4.98 Å². The number of amides is 1. The number of hydrogen-bond acceptors (Lipinski definition) is 5. The first kappa shape index (κ1) is 13.5. The van der Waals surface area contributed by atoms with Crippen LogP contribution in [0, 0.1) is 0 Å². The van der Waals surface area contributed by atoms with Crippen LogP contribution < -0.4 is 5.73 Å². The van der Waals surface area contributed by atoms with Gasteiger partial charge in [0, 0.05) is 32.2 Å². The average Bonchev–Trinajstić information content (AvgIpc) is 3.23. The number of carbonyl (C=O) groups is 1. The summed E-state index contributed by atoms with van der Waals surface area (Å²) in [5, 5.41) is 6.94. The van der Waals surface area contributed by atoms with Crippen molar-refractivity contribution in [3.8, 4) is 0 Å². The number of nitrogens with zero attached hydrogens (tertiary/aromatic N) is 3. The van der Waals surface area contributed by atoms with Gasteiger partial charge in [-0.1, -0.05) is 0 Å². The number of methoxy groups -OCH3 is 1. The highest BCUT2D eigenvalue weighted by Crippen LogP contribution is 2.37. The van der Waals surface area contributed by atoms with Crippen LogP contribution in [0.15, 0.2) is 0 Å². The maximum atomic E-state index is 12.5. The largest absolute Gasteiger partial charge is 0.381 e. The Morgan fingerprint density at radius 2 is 2.30 bits per heavy atom. The van der Waals surface area contributed by atoms with Crippen LogP contribution in [-0.4, -0.2) is 58.3 Å². The van der Waals surface area contributed by atoms with E-state index in [9.17, 15) is 4.79 Å². The van der Waals surface area contributed by atoms with Crippen LogP contribution in [0.25, 0.3) is 0 Å². The number of carbonyl (C=O) groups excluding carboxylic acids is 1. The lowest BCUT2D eigenvalue weighted by Crippen LogP contribution is -2.51.